The van der Waals surface area contributed by atoms with Crippen molar-refractivity contribution >= 4 is 17.6 Å². The van der Waals surface area contributed by atoms with Crippen LogP contribution in [0.1, 0.15) is 13.8 Å². The molecule has 2 aromatic carbocycles. The lowest BCUT2D eigenvalue weighted by Crippen LogP contribution is -2.02. The lowest BCUT2D eigenvalue weighted by Gasteiger charge is -2.06. The number of hydrogen-bond acceptors (Lipinski definition) is 4. The number of rotatable bonds is 4. The molecule has 0 unspecified atom stereocenters. The van der Waals surface area contributed by atoms with E-state index in [0.717, 1.165) is 27.3 Å². The monoisotopic (exact) mass is 406 g/mol. The van der Waals surface area contributed by atoms with Crippen LogP contribution in [0.15, 0.2) is 78.0 Å². The number of hydrogen-bond donors (Lipinski definition) is 1. The molecule has 4 aromatic rings. The zero-order valence-corrected chi connectivity index (χ0v) is 17.4. The van der Waals surface area contributed by atoms with E-state index in [2.05, 4.69) is 4.98 Å². The number of aromatic nitrogens is 3. The van der Waals surface area contributed by atoms with Gasteiger partial charge in [-0.2, -0.15) is 5.10 Å². The summed E-state index contributed by atoms with van der Waals surface area (Å²) in [4.78, 5) is 5.24. The van der Waals surface area contributed by atoms with Crippen LogP contribution in [0.4, 0.5) is 10.2 Å². The molecule has 0 bridgehead atoms. The second-order valence-corrected chi connectivity index (χ2v) is 6.84. The van der Waals surface area contributed by atoms with E-state index >= 15 is 0 Å². The molecular weight excluding hydrogens is 383 g/mol. The minimum atomic E-state index is -0.288. The highest BCUT2D eigenvalue weighted by Crippen LogP contribution is 2.37. The fraction of sp³-hybridized carbons (Fsp3) is 0.130. The first-order valence-electron chi connectivity index (χ1n) is 9.36. The largest absolute Gasteiger partial charge is 0.383 e. The van der Waals surface area contributed by atoms with E-state index in [4.69, 9.17) is 10.8 Å². The van der Waals surface area contributed by atoms with Gasteiger partial charge < -0.3 is 5.73 Å². The van der Waals surface area contributed by atoms with Gasteiger partial charge in [-0.15, -0.1) is 11.8 Å². The minimum absolute atomic E-state index is 0.288. The fourth-order valence-corrected chi connectivity index (χ4v) is 3.37. The van der Waals surface area contributed by atoms with Gasteiger partial charge in [-0.3, -0.25) is 4.98 Å². The highest BCUT2D eigenvalue weighted by atomic mass is 32.2. The van der Waals surface area contributed by atoms with Crippen LogP contribution in [0.25, 0.3) is 28.1 Å². The van der Waals surface area contributed by atoms with Gasteiger partial charge in [-0.25, -0.2) is 9.07 Å². The normalized spacial score (nSPS) is 10.3. The Hall–Kier alpha value is -3.12. The molecule has 29 heavy (non-hydrogen) atoms. The summed E-state index contributed by atoms with van der Waals surface area (Å²) in [5.74, 6) is 0.238. The first kappa shape index (κ1) is 20.6. The Labute approximate surface area is 174 Å². The first-order valence-corrected chi connectivity index (χ1v) is 10.6. The number of anilines is 1. The van der Waals surface area contributed by atoms with E-state index in [9.17, 15) is 4.39 Å². The van der Waals surface area contributed by atoms with Gasteiger partial charge >= 0.3 is 0 Å². The summed E-state index contributed by atoms with van der Waals surface area (Å²) < 4.78 is 15.1. The Morgan fingerprint density at radius 1 is 0.862 bits per heavy atom. The van der Waals surface area contributed by atoms with Gasteiger partial charge in [0.15, 0.2) is 0 Å². The Bertz CT molecular complexity index is 1060. The van der Waals surface area contributed by atoms with E-state index in [1.807, 2.05) is 56.5 Å². The molecule has 6 heteroatoms. The SMILES string of the molecule is CC.CSc1ccc(-n2nc(-c3ccc(F)cc3)c(-c3ccncc3)c2N)cc1. The van der Waals surface area contributed by atoms with Gasteiger partial charge in [-0.05, 0) is 72.5 Å². The lowest BCUT2D eigenvalue weighted by atomic mass is 10.0. The smallest absolute Gasteiger partial charge is 0.135 e. The maximum Gasteiger partial charge on any atom is 0.135 e. The lowest BCUT2D eigenvalue weighted by molar-refractivity contribution is 0.628. The number of benzene rings is 2. The highest BCUT2D eigenvalue weighted by Gasteiger charge is 2.19. The summed E-state index contributed by atoms with van der Waals surface area (Å²) in [6.45, 7) is 4.00. The zero-order chi connectivity index (χ0) is 20.8. The zero-order valence-electron chi connectivity index (χ0n) is 16.6. The molecule has 0 amide bonds. The summed E-state index contributed by atoms with van der Waals surface area (Å²) >= 11 is 1.68. The van der Waals surface area contributed by atoms with E-state index in [0.29, 0.717) is 11.5 Å². The molecule has 0 saturated heterocycles. The quantitative estimate of drug-likeness (QED) is 0.418. The molecular formula is C23H23FN4S. The van der Waals surface area contributed by atoms with Crippen molar-refractivity contribution in [3.63, 3.8) is 0 Å². The number of nitrogens with zero attached hydrogens (tertiary/aromatic N) is 3. The summed E-state index contributed by atoms with van der Waals surface area (Å²) in [5.41, 5.74) is 10.6. The van der Waals surface area contributed by atoms with Crippen LogP contribution >= 0.6 is 11.8 Å². The molecule has 148 valence electrons. The molecule has 0 aliphatic heterocycles. The molecule has 4 nitrogen and oxygen atoms in total. The summed E-state index contributed by atoms with van der Waals surface area (Å²) in [5, 5.41) is 4.75. The third-order valence-electron chi connectivity index (χ3n) is 4.32. The molecule has 2 N–H and O–H groups in total. The van der Waals surface area contributed by atoms with Crippen LogP contribution in [0, 0.1) is 5.82 Å². The minimum Gasteiger partial charge on any atom is -0.383 e. The van der Waals surface area contributed by atoms with Crippen LogP contribution in [0.5, 0.6) is 0 Å². The Morgan fingerprint density at radius 3 is 2.07 bits per heavy atom. The molecule has 2 aromatic heterocycles. The number of nitrogens with two attached hydrogens (primary N) is 1. The molecule has 0 fully saturated rings. The summed E-state index contributed by atoms with van der Waals surface area (Å²) in [6.07, 6.45) is 5.47. The van der Waals surface area contributed by atoms with Gasteiger partial charge in [0.1, 0.15) is 17.3 Å². The second-order valence-electron chi connectivity index (χ2n) is 5.96. The van der Waals surface area contributed by atoms with Gasteiger partial charge in [0, 0.05) is 22.9 Å². The number of nitrogen functional groups attached to an aromatic ring is 1. The van der Waals surface area contributed by atoms with E-state index in [-0.39, 0.29) is 5.82 Å². The van der Waals surface area contributed by atoms with Crippen molar-refractivity contribution in [3.05, 3.63) is 78.9 Å². The molecule has 0 spiro atoms. The number of pyridine rings is 1. The number of thioether (sulfide) groups is 1. The molecule has 2 heterocycles. The fourth-order valence-electron chi connectivity index (χ4n) is 2.96. The van der Waals surface area contributed by atoms with Crippen molar-refractivity contribution in [2.75, 3.05) is 12.0 Å². The van der Waals surface area contributed by atoms with Crippen molar-refractivity contribution in [2.24, 2.45) is 0 Å². The average molecular weight is 407 g/mol. The van der Waals surface area contributed by atoms with Crippen LogP contribution < -0.4 is 5.73 Å². The topological polar surface area (TPSA) is 56.7 Å². The predicted octanol–water partition coefficient (Wildman–Crippen LogP) is 6.07. The molecule has 0 atom stereocenters. The second kappa shape index (κ2) is 9.39. The van der Waals surface area contributed by atoms with Crippen LogP contribution in [-0.2, 0) is 0 Å². The average Bonchev–Trinajstić information content (AvgIpc) is 3.13. The van der Waals surface area contributed by atoms with E-state index < -0.39 is 0 Å². The third-order valence-corrected chi connectivity index (χ3v) is 5.07. The third kappa shape index (κ3) is 4.32. The highest BCUT2D eigenvalue weighted by molar-refractivity contribution is 7.98. The predicted molar refractivity (Wildman–Crippen MR) is 120 cm³/mol. The van der Waals surface area contributed by atoms with Crippen molar-refractivity contribution in [3.8, 4) is 28.1 Å². The van der Waals surface area contributed by atoms with Crippen LogP contribution in [0.2, 0.25) is 0 Å². The van der Waals surface area contributed by atoms with Crippen molar-refractivity contribution in [1.82, 2.24) is 14.8 Å². The molecule has 4 rings (SSSR count). The molecule has 0 aliphatic rings. The van der Waals surface area contributed by atoms with Gasteiger partial charge in [0.05, 0.1) is 11.3 Å². The van der Waals surface area contributed by atoms with Gasteiger partial charge in [0.2, 0.25) is 0 Å². The standard InChI is InChI=1S/C21H17FN4S.C2H6/c1-27-18-8-6-17(7-9-18)26-21(23)19(14-10-12-24-13-11-14)20(25-26)15-2-4-16(22)5-3-15;1-2/h2-13H,23H2,1H3;1-2H3. The number of halogens is 1. The summed E-state index contributed by atoms with van der Waals surface area (Å²) in [7, 11) is 0. The van der Waals surface area contributed by atoms with Gasteiger partial charge in [-0.1, -0.05) is 13.8 Å². The summed E-state index contributed by atoms with van der Waals surface area (Å²) in [6, 6.07) is 18.1. The Balaban J connectivity index is 0.00000117. The van der Waals surface area contributed by atoms with Crippen LogP contribution in [-0.4, -0.2) is 21.0 Å². The molecule has 0 aliphatic carbocycles. The van der Waals surface area contributed by atoms with E-state index in [1.165, 1.54) is 12.1 Å². The van der Waals surface area contributed by atoms with Crippen LogP contribution in [0.3, 0.4) is 0 Å². The Kier molecular flexibility index (Phi) is 6.67. The maximum atomic E-state index is 13.4. The van der Waals surface area contributed by atoms with Crippen molar-refractivity contribution in [2.45, 2.75) is 18.7 Å². The maximum absolute atomic E-state index is 13.4. The van der Waals surface area contributed by atoms with Crippen molar-refractivity contribution < 1.29 is 4.39 Å². The Morgan fingerprint density at radius 2 is 1.48 bits per heavy atom. The first-order chi connectivity index (χ1) is 14.2. The molecule has 0 saturated carbocycles. The van der Waals surface area contributed by atoms with Crippen molar-refractivity contribution in [1.29, 1.82) is 0 Å². The van der Waals surface area contributed by atoms with E-state index in [1.54, 1.807) is 41.0 Å². The van der Waals surface area contributed by atoms with Gasteiger partial charge in [0.25, 0.3) is 0 Å². The molecule has 0 radical (unpaired) electrons.